The lowest BCUT2D eigenvalue weighted by Crippen LogP contribution is -2.18. The van der Waals surface area contributed by atoms with Crippen LogP contribution in [0.2, 0.25) is 10.0 Å². The lowest BCUT2D eigenvalue weighted by Gasteiger charge is -2.05. The second kappa shape index (κ2) is 9.09. The highest BCUT2D eigenvalue weighted by molar-refractivity contribution is 7.99. The number of unbranched alkanes of at least 4 members (excludes halogenated alkanes) is 2. The topological polar surface area (TPSA) is 12.0 Å². The smallest absolute Gasteiger partial charge is 0.0603 e. The van der Waals surface area contributed by atoms with Gasteiger partial charge < -0.3 is 5.32 Å². The molecule has 0 fully saturated rings. The summed E-state index contributed by atoms with van der Waals surface area (Å²) in [5.74, 6) is 1.06. The molecule has 0 atom stereocenters. The highest BCUT2D eigenvalue weighted by Crippen LogP contribution is 2.27. The fourth-order valence-electron chi connectivity index (χ4n) is 1.43. The maximum absolute atomic E-state index is 5.95. The van der Waals surface area contributed by atoms with Gasteiger partial charge in [-0.05, 0) is 31.2 Å². The molecule has 96 valence electrons. The number of hydrogen-bond acceptors (Lipinski definition) is 2. The SMILES string of the molecule is CCCCCNCCSc1ccc(Cl)c(Cl)c1. The normalized spacial score (nSPS) is 10.8. The van der Waals surface area contributed by atoms with Gasteiger partial charge in [-0.3, -0.25) is 0 Å². The summed E-state index contributed by atoms with van der Waals surface area (Å²) in [5, 5.41) is 4.69. The van der Waals surface area contributed by atoms with Crippen LogP contribution in [-0.2, 0) is 0 Å². The fourth-order valence-corrected chi connectivity index (χ4v) is 2.64. The first kappa shape index (κ1) is 15.2. The predicted octanol–water partition coefficient (Wildman–Crippen LogP) is 4.87. The molecule has 1 rings (SSSR count). The zero-order valence-electron chi connectivity index (χ0n) is 10.1. The van der Waals surface area contributed by atoms with Crippen molar-refractivity contribution in [2.45, 2.75) is 31.1 Å². The number of hydrogen-bond donors (Lipinski definition) is 1. The molecule has 1 nitrogen and oxygen atoms in total. The number of halogens is 2. The molecule has 0 aliphatic carbocycles. The van der Waals surface area contributed by atoms with Crippen LogP contribution in [0.15, 0.2) is 23.1 Å². The summed E-state index contributed by atoms with van der Waals surface area (Å²) in [7, 11) is 0. The molecule has 0 aliphatic rings. The lowest BCUT2D eigenvalue weighted by atomic mass is 10.2. The van der Waals surface area contributed by atoms with Crippen molar-refractivity contribution in [3.8, 4) is 0 Å². The van der Waals surface area contributed by atoms with Gasteiger partial charge in [-0.1, -0.05) is 43.0 Å². The van der Waals surface area contributed by atoms with Crippen LogP contribution < -0.4 is 5.32 Å². The Kier molecular flexibility index (Phi) is 8.12. The van der Waals surface area contributed by atoms with E-state index in [2.05, 4.69) is 12.2 Å². The molecule has 0 aliphatic heterocycles. The summed E-state index contributed by atoms with van der Waals surface area (Å²) in [6.45, 7) is 4.38. The van der Waals surface area contributed by atoms with Crippen LogP contribution in [0, 0.1) is 0 Å². The van der Waals surface area contributed by atoms with E-state index in [0.717, 1.165) is 18.8 Å². The van der Waals surface area contributed by atoms with Crippen LogP contribution in [0.3, 0.4) is 0 Å². The molecule has 0 radical (unpaired) electrons. The van der Waals surface area contributed by atoms with Crippen LogP contribution in [0.1, 0.15) is 26.2 Å². The number of thioether (sulfide) groups is 1. The van der Waals surface area contributed by atoms with Crippen LogP contribution in [-0.4, -0.2) is 18.8 Å². The number of rotatable bonds is 8. The Labute approximate surface area is 118 Å². The summed E-state index contributed by atoms with van der Waals surface area (Å²) in [6, 6.07) is 5.78. The summed E-state index contributed by atoms with van der Waals surface area (Å²) in [5.41, 5.74) is 0. The van der Waals surface area contributed by atoms with E-state index in [0.29, 0.717) is 10.0 Å². The van der Waals surface area contributed by atoms with E-state index in [4.69, 9.17) is 23.2 Å². The Bertz CT molecular complexity index is 331. The molecule has 1 N–H and O–H groups in total. The first-order valence-electron chi connectivity index (χ1n) is 6.02. The lowest BCUT2D eigenvalue weighted by molar-refractivity contribution is 0.636. The van der Waals surface area contributed by atoms with E-state index in [1.54, 1.807) is 11.8 Å². The average Bonchev–Trinajstić information content (AvgIpc) is 2.32. The summed E-state index contributed by atoms with van der Waals surface area (Å²) in [6.07, 6.45) is 3.86. The number of benzene rings is 1. The van der Waals surface area contributed by atoms with Gasteiger partial charge in [-0.15, -0.1) is 11.8 Å². The molecule has 0 aromatic heterocycles. The van der Waals surface area contributed by atoms with E-state index in [-0.39, 0.29) is 0 Å². The fraction of sp³-hybridized carbons (Fsp3) is 0.538. The van der Waals surface area contributed by atoms with Crippen molar-refractivity contribution in [3.63, 3.8) is 0 Å². The van der Waals surface area contributed by atoms with Gasteiger partial charge >= 0.3 is 0 Å². The van der Waals surface area contributed by atoms with Gasteiger partial charge in [0.2, 0.25) is 0 Å². The largest absolute Gasteiger partial charge is 0.316 e. The van der Waals surface area contributed by atoms with Crippen LogP contribution in [0.5, 0.6) is 0 Å². The second-order valence-corrected chi connectivity index (χ2v) is 5.86. The summed E-state index contributed by atoms with van der Waals surface area (Å²) >= 11 is 13.6. The molecule has 0 saturated carbocycles. The zero-order chi connectivity index (χ0) is 12.5. The van der Waals surface area contributed by atoms with Crippen molar-refractivity contribution >= 4 is 35.0 Å². The maximum atomic E-state index is 5.95. The molecule has 0 amide bonds. The Morgan fingerprint density at radius 2 is 1.94 bits per heavy atom. The van der Waals surface area contributed by atoms with Gasteiger partial charge in [0.15, 0.2) is 0 Å². The average molecular weight is 292 g/mol. The van der Waals surface area contributed by atoms with Crippen LogP contribution in [0.25, 0.3) is 0 Å². The van der Waals surface area contributed by atoms with E-state index in [1.807, 2.05) is 18.2 Å². The van der Waals surface area contributed by atoms with E-state index in [1.165, 1.54) is 24.2 Å². The van der Waals surface area contributed by atoms with Gasteiger partial charge in [0.25, 0.3) is 0 Å². The van der Waals surface area contributed by atoms with Crippen molar-refractivity contribution < 1.29 is 0 Å². The Balaban J connectivity index is 2.11. The van der Waals surface area contributed by atoms with Gasteiger partial charge in [-0.2, -0.15) is 0 Å². The van der Waals surface area contributed by atoms with Crippen LogP contribution in [0.4, 0.5) is 0 Å². The molecule has 1 aromatic rings. The second-order valence-electron chi connectivity index (χ2n) is 3.88. The van der Waals surface area contributed by atoms with Gasteiger partial charge in [0.1, 0.15) is 0 Å². The molecule has 4 heteroatoms. The third-order valence-electron chi connectivity index (χ3n) is 2.40. The molecule has 0 heterocycles. The maximum Gasteiger partial charge on any atom is 0.0603 e. The third kappa shape index (κ3) is 6.56. The Hall–Kier alpha value is 0.110. The molecular formula is C13H19Cl2NS. The van der Waals surface area contributed by atoms with E-state index < -0.39 is 0 Å². The first-order chi connectivity index (χ1) is 8.24. The van der Waals surface area contributed by atoms with Crippen molar-refractivity contribution in [2.24, 2.45) is 0 Å². The Morgan fingerprint density at radius 3 is 2.65 bits per heavy atom. The molecular weight excluding hydrogens is 273 g/mol. The minimum Gasteiger partial charge on any atom is -0.316 e. The molecule has 17 heavy (non-hydrogen) atoms. The third-order valence-corrected chi connectivity index (χ3v) is 4.13. The van der Waals surface area contributed by atoms with Crippen molar-refractivity contribution in [1.29, 1.82) is 0 Å². The molecule has 0 unspecified atom stereocenters. The zero-order valence-corrected chi connectivity index (χ0v) is 12.5. The molecule has 1 aromatic carbocycles. The predicted molar refractivity (Wildman–Crippen MR) is 79.6 cm³/mol. The molecule has 0 saturated heterocycles. The first-order valence-corrected chi connectivity index (χ1v) is 7.76. The minimum atomic E-state index is 0.619. The number of nitrogens with one attached hydrogen (secondary N) is 1. The Morgan fingerprint density at radius 1 is 1.12 bits per heavy atom. The standard InChI is InChI=1S/C13H19Cl2NS/c1-2-3-4-7-16-8-9-17-11-5-6-12(14)13(15)10-11/h5-6,10,16H,2-4,7-9H2,1H3. The molecule has 0 bridgehead atoms. The monoisotopic (exact) mass is 291 g/mol. The minimum absolute atomic E-state index is 0.619. The van der Waals surface area contributed by atoms with Gasteiger partial charge in [0.05, 0.1) is 10.0 Å². The quantitative estimate of drug-likeness (QED) is 0.542. The van der Waals surface area contributed by atoms with Gasteiger partial charge in [-0.25, -0.2) is 0 Å². The summed E-state index contributed by atoms with van der Waals surface area (Å²) < 4.78 is 0. The van der Waals surface area contributed by atoms with Crippen LogP contribution >= 0.6 is 35.0 Å². The van der Waals surface area contributed by atoms with E-state index in [9.17, 15) is 0 Å². The highest BCUT2D eigenvalue weighted by atomic mass is 35.5. The highest BCUT2D eigenvalue weighted by Gasteiger charge is 1.99. The summed E-state index contributed by atoms with van der Waals surface area (Å²) in [4.78, 5) is 1.18. The van der Waals surface area contributed by atoms with Crippen molar-refractivity contribution in [3.05, 3.63) is 28.2 Å². The van der Waals surface area contributed by atoms with Gasteiger partial charge in [0, 0.05) is 17.2 Å². The van der Waals surface area contributed by atoms with Crippen molar-refractivity contribution in [1.82, 2.24) is 5.32 Å². The van der Waals surface area contributed by atoms with E-state index >= 15 is 0 Å². The van der Waals surface area contributed by atoms with Crippen molar-refractivity contribution in [2.75, 3.05) is 18.8 Å². The molecule has 0 spiro atoms.